The molecule has 0 fully saturated rings. The summed E-state index contributed by atoms with van der Waals surface area (Å²) in [4.78, 5) is 57.9. The summed E-state index contributed by atoms with van der Waals surface area (Å²) >= 11 is 0. The predicted molar refractivity (Wildman–Crippen MR) is 164 cm³/mol. The van der Waals surface area contributed by atoms with E-state index in [9.17, 15) is 24.3 Å². The Labute approximate surface area is 243 Å². The Bertz CT molecular complexity index is 2360. The molecule has 9 rings (SSSR count). The molecule has 2 heterocycles. The molecular formula is C36H18N2O5. The molecule has 0 spiro atoms. The number of imide groups is 2. The van der Waals surface area contributed by atoms with Gasteiger partial charge in [-0.05, 0) is 81.5 Å². The number of phenols is 1. The number of phenolic OH excluding ortho intramolecular Hbond substituents is 1. The van der Waals surface area contributed by atoms with Crippen molar-refractivity contribution < 1.29 is 24.3 Å². The van der Waals surface area contributed by atoms with Crippen LogP contribution in [0.25, 0.3) is 43.1 Å². The lowest BCUT2D eigenvalue weighted by Gasteiger charge is -2.32. The van der Waals surface area contributed by atoms with Gasteiger partial charge in [0.25, 0.3) is 23.6 Å². The second-order valence-electron chi connectivity index (χ2n) is 10.9. The molecule has 7 aromatic carbocycles. The van der Waals surface area contributed by atoms with Gasteiger partial charge in [-0.1, -0.05) is 48.5 Å². The van der Waals surface area contributed by atoms with E-state index >= 15 is 0 Å². The van der Waals surface area contributed by atoms with E-state index in [4.69, 9.17) is 0 Å². The first kappa shape index (κ1) is 23.6. The molecule has 0 saturated heterocycles. The predicted octanol–water partition coefficient (Wildman–Crippen LogP) is 7.04. The third-order valence-electron chi connectivity index (χ3n) is 8.75. The first-order valence-electron chi connectivity index (χ1n) is 13.8. The zero-order chi connectivity index (χ0) is 29.1. The molecule has 0 unspecified atom stereocenters. The van der Waals surface area contributed by atoms with E-state index < -0.39 is 23.6 Å². The lowest BCUT2D eigenvalue weighted by molar-refractivity contribution is 0.0873. The van der Waals surface area contributed by atoms with Crippen LogP contribution in [0.5, 0.6) is 5.75 Å². The Morgan fingerprint density at radius 1 is 0.419 bits per heavy atom. The van der Waals surface area contributed by atoms with Gasteiger partial charge in [-0.2, -0.15) is 0 Å². The average Bonchev–Trinajstić information content (AvgIpc) is 3.03. The number of aromatic hydroxyl groups is 1. The summed E-state index contributed by atoms with van der Waals surface area (Å²) in [5, 5.41) is 16.3. The lowest BCUT2D eigenvalue weighted by atomic mass is 9.85. The van der Waals surface area contributed by atoms with Crippen LogP contribution in [-0.4, -0.2) is 28.7 Å². The summed E-state index contributed by atoms with van der Waals surface area (Å²) in [6.45, 7) is 0. The van der Waals surface area contributed by atoms with Crippen molar-refractivity contribution in [3.8, 4) is 5.75 Å². The number of rotatable bonds is 2. The molecule has 202 valence electrons. The molecule has 0 bridgehead atoms. The van der Waals surface area contributed by atoms with Crippen LogP contribution in [0.1, 0.15) is 41.4 Å². The Kier molecular flexibility index (Phi) is 4.40. The Hall–Kier alpha value is -6.08. The summed E-state index contributed by atoms with van der Waals surface area (Å²) < 4.78 is 0. The van der Waals surface area contributed by atoms with E-state index in [0.29, 0.717) is 22.1 Å². The molecule has 0 saturated carbocycles. The number of amides is 4. The average molecular weight is 559 g/mol. The van der Waals surface area contributed by atoms with E-state index in [1.807, 2.05) is 42.5 Å². The standard InChI is InChI=1S/C36H18N2O5/c39-22-10-8-21(9-11-22)37-33(40)24-13-15-26-32-27(16-14-25(31(24)32)34(37)41)36(43)38(35(26)42)28-17-7-20-5-4-18-2-1-3-19-6-12-23(28)30(20)29(18)19/h1-17,39H. The van der Waals surface area contributed by atoms with Crippen molar-refractivity contribution in [3.05, 3.63) is 125 Å². The molecular weight excluding hydrogens is 540 g/mol. The third kappa shape index (κ3) is 2.92. The summed E-state index contributed by atoms with van der Waals surface area (Å²) in [6, 6.07) is 29.9. The van der Waals surface area contributed by atoms with Crippen LogP contribution in [0, 0.1) is 0 Å². The zero-order valence-electron chi connectivity index (χ0n) is 22.3. The fourth-order valence-corrected chi connectivity index (χ4v) is 6.84. The van der Waals surface area contributed by atoms with E-state index in [0.717, 1.165) is 37.2 Å². The summed E-state index contributed by atoms with van der Waals surface area (Å²) in [6.07, 6.45) is 0. The van der Waals surface area contributed by atoms with Gasteiger partial charge in [0.2, 0.25) is 0 Å². The molecule has 0 aromatic heterocycles. The highest BCUT2D eigenvalue weighted by atomic mass is 16.3. The summed E-state index contributed by atoms with van der Waals surface area (Å²) in [5.41, 5.74) is 1.73. The highest BCUT2D eigenvalue weighted by Crippen LogP contribution is 2.43. The first-order chi connectivity index (χ1) is 20.9. The van der Waals surface area contributed by atoms with Gasteiger partial charge >= 0.3 is 0 Å². The van der Waals surface area contributed by atoms with E-state index in [-0.39, 0.29) is 28.0 Å². The van der Waals surface area contributed by atoms with Gasteiger partial charge < -0.3 is 5.11 Å². The molecule has 2 aliphatic heterocycles. The highest BCUT2D eigenvalue weighted by molar-refractivity contribution is 6.43. The maximum atomic E-state index is 14.2. The quantitative estimate of drug-likeness (QED) is 0.181. The highest BCUT2D eigenvalue weighted by Gasteiger charge is 2.41. The van der Waals surface area contributed by atoms with Gasteiger partial charge in [0.1, 0.15) is 5.75 Å². The van der Waals surface area contributed by atoms with E-state index in [2.05, 4.69) is 6.07 Å². The summed E-state index contributed by atoms with van der Waals surface area (Å²) in [7, 11) is 0. The largest absolute Gasteiger partial charge is 0.508 e. The smallest absolute Gasteiger partial charge is 0.266 e. The minimum absolute atomic E-state index is 0.00541. The van der Waals surface area contributed by atoms with Crippen LogP contribution >= 0.6 is 0 Å². The molecule has 7 aromatic rings. The van der Waals surface area contributed by atoms with Crippen LogP contribution < -0.4 is 9.80 Å². The molecule has 7 heteroatoms. The molecule has 4 amide bonds. The van der Waals surface area contributed by atoms with Crippen molar-refractivity contribution in [3.63, 3.8) is 0 Å². The SMILES string of the molecule is O=C1c2ccc3c4c(ccc(c24)C(=O)N1c1ccc(O)cc1)C(=O)N(c1ccc2ccc4cccc5ccc1c2c45)C3=O. The van der Waals surface area contributed by atoms with E-state index in [1.54, 1.807) is 30.3 Å². The van der Waals surface area contributed by atoms with Crippen LogP contribution in [0.3, 0.4) is 0 Å². The lowest BCUT2D eigenvalue weighted by Crippen LogP contribution is -2.43. The van der Waals surface area contributed by atoms with Gasteiger partial charge in [0.15, 0.2) is 0 Å². The summed E-state index contributed by atoms with van der Waals surface area (Å²) in [5.74, 6) is -2.16. The minimum Gasteiger partial charge on any atom is -0.508 e. The van der Waals surface area contributed by atoms with Gasteiger partial charge in [-0.25, -0.2) is 9.80 Å². The molecule has 0 atom stereocenters. The third-order valence-corrected chi connectivity index (χ3v) is 8.75. The van der Waals surface area contributed by atoms with Crippen LogP contribution in [0.2, 0.25) is 0 Å². The second kappa shape index (κ2) is 8.02. The number of anilines is 2. The number of carbonyl (C=O) groups is 4. The molecule has 43 heavy (non-hydrogen) atoms. The fourth-order valence-electron chi connectivity index (χ4n) is 6.84. The van der Waals surface area contributed by atoms with Crippen molar-refractivity contribution in [2.45, 2.75) is 0 Å². The van der Waals surface area contributed by atoms with Crippen molar-refractivity contribution in [2.24, 2.45) is 0 Å². The van der Waals surface area contributed by atoms with Crippen molar-refractivity contribution in [2.75, 3.05) is 9.80 Å². The Morgan fingerprint density at radius 3 is 1.44 bits per heavy atom. The Balaban J connectivity index is 1.24. The van der Waals surface area contributed by atoms with Gasteiger partial charge in [-0.3, -0.25) is 19.2 Å². The fraction of sp³-hybridized carbons (Fsp3) is 0. The number of carbonyl (C=O) groups excluding carboxylic acids is 4. The van der Waals surface area contributed by atoms with Gasteiger partial charge in [-0.15, -0.1) is 0 Å². The molecule has 0 aliphatic carbocycles. The molecule has 0 radical (unpaired) electrons. The number of benzene rings is 7. The molecule has 7 nitrogen and oxygen atoms in total. The second-order valence-corrected chi connectivity index (χ2v) is 10.9. The molecule has 1 N–H and O–H groups in total. The maximum Gasteiger partial charge on any atom is 0.266 e. The number of nitrogens with zero attached hydrogens (tertiary/aromatic N) is 2. The maximum absolute atomic E-state index is 14.2. The van der Waals surface area contributed by atoms with Crippen LogP contribution in [-0.2, 0) is 0 Å². The monoisotopic (exact) mass is 558 g/mol. The number of hydrogen-bond acceptors (Lipinski definition) is 5. The van der Waals surface area contributed by atoms with Crippen LogP contribution in [0.4, 0.5) is 11.4 Å². The van der Waals surface area contributed by atoms with Crippen LogP contribution in [0.15, 0.2) is 103 Å². The van der Waals surface area contributed by atoms with Crippen molar-refractivity contribution in [1.82, 2.24) is 0 Å². The topological polar surface area (TPSA) is 95.0 Å². The van der Waals surface area contributed by atoms with Gasteiger partial charge in [0, 0.05) is 38.4 Å². The van der Waals surface area contributed by atoms with Gasteiger partial charge in [0.05, 0.1) is 11.4 Å². The normalized spacial score (nSPS) is 14.7. The van der Waals surface area contributed by atoms with Crippen molar-refractivity contribution in [1.29, 1.82) is 0 Å². The minimum atomic E-state index is -0.569. The first-order valence-corrected chi connectivity index (χ1v) is 13.8. The Morgan fingerprint density at radius 2 is 0.884 bits per heavy atom. The molecule has 2 aliphatic rings. The van der Waals surface area contributed by atoms with E-state index in [1.165, 1.54) is 29.2 Å². The number of hydrogen-bond donors (Lipinski definition) is 1. The zero-order valence-corrected chi connectivity index (χ0v) is 22.3. The van der Waals surface area contributed by atoms with Crippen molar-refractivity contribution >= 4 is 78.1 Å².